The first kappa shape index (κ1) is 28.4. The smallest absolute Gasteiger partial charge is 0.410 e. The number of halogens is 1. The van der Waals surface area contributed by atoms with Crippen molar-refractivity contribution in [2.75, 3.05) is 56.5 Å². The molecule has 3 aliphatic heterocycles. The van der Waals surface area contributed by atoms with E-state index in [1.807, 2.05) is 43.9 Å². The van der Waals surface area contributed by atoms with Crippen LogP contribution in [0.4, 0.5) is 16.3 Å². The van der Waals surface area contributed by atoms with Crippen LogP contribution in [0.25, 0.3) is 0 Å². The van der Waals surface area contributed by atoms with Crippen LogP contribution in [0, 0.1) is 0 Å². The van der Waals surface area contributed by atoms with Gasteiger partial charge in [0.2, 0.25) is 5.91 Å². The van der Waals surface area contributed by atoms with Crippen LogP contribution in [0.1, 0.15) is 52.0 Å². The number of nitrogen functional groups attached to an aromatic ring is 1. The van der Waals surface area contributed by atoms with Crippen LogP contribution in [0.15, 0.2) is 36.4 Å². The van der Waals surface area contributed by atoms with Gasteiger partial charge in [-0.2, -0.15) is 0 Å². The summed E-state index contributed by atoms with van der Waals surface area (Å²) >= 11 is 6.10. The minimum Gasteiger partial charge on any atom is -0.444 e. The van der Waals surface area contributed by atoms with E-state index in [4.69, 9.17) is 26.8 Å². The second-order valence-electron chi connectivity index (χ2n) is 12.1. The third-order valence-corrected chi connectivity index (χ3v) is 8.51. The van der Waals surface area contributed by atoms with Crippen LogP contribution in [-0.4, -0.2) is 89.1 Å². The lowest BCUT2D eigenvalue weighted by atomic mass is 9.71. The zero-order valence-corrected chi connectivity index (χ0v) is 24.3. The van der Waals surface area contributed by atoms with Crippen molar-refractivity contribution >= 4 is 35.1 Å². The van der Waals surface area contributed by atoms with Crippen LogP contribution in [-0.2, 0) is 19.7 Å². The minimum absolute atomic E-state index is 0.145. The monoisotopic (exact) mass is 570 g/mol. The van der Waals surface area contributed by atoms with Crippen molar-refractivity contribution in [2.24, 2.45) is 0 Å². The average molecular weight is 571 g/mol. The molecule has 10 nitrogen and oxygen atoms in total. The van der Waals surface area contributed by atoms with E-state index in [1.165, 1.54) is 0 Å². The van der Waals surface area contributed by atoms with E-state index in [-0.39, 0.29) is 17.2 Å². The Bertz CT molecular complexity index is 1220. The number of amides is 2. The van der Waals surface area contributed by atoms with E-state index in [0.717, 1.165) is 11.3 Å². The minimum atomic E-state index is -0.642. The second-order valence-corrected chi connectivity index (χ2v) is 12.5. The Morgan fingerprint density at radius 1 is 0.975 bits per heavy atom. The molecule has 0 atom stereocenters. The number of hydrogen-bond donors (Lipinski definition) is 1. The third-order valence-electron chi connectivity index (χ3n) is 8.33. The lowest BCUT2D eigenvalue weighted by Gasteiger charge is -2.49. The normalized spacial score (nSPS) is 20.9. The Balaban J connectivity index is 1.29. The van der Waals surface area contributed by atoms with E-state index >= 15 is 0 Å². The molecule has 0 radical (unpaired) electrons. The van der Waals surface area contributed by atoms with Gasteiger partial charge in [0.25, 0.3) is 0 Å². The molecule has 4 heterocycles. The summed E-state index contributed by atoms with van der Waals surface area (Å²) in [4.78, 5) is 33.0. The van der Waals surface area contributed by atoms with Gasteiger partial charge in [0.15, 0.2) is 11.0 Å². The highest BCUT2D eigenvalue weighted by Crippen LogP contribution is 2.41. The first-order chi connectivity index (χ1) is 19.0. The summed E-state index contributed by atoms with van der Waals surface area (Å²) in [5.41, 5.74) is 6.24. The largest absolute Gasteiger partial charge is 0.444 e. The van der Waals surface area contributed by atoms with E-state index in [0.29, 0.717) is 77.4 Å². The molecule has 2 aromatic rings. The van der Waals surface area contributed by atoms with E-state index in [2.05, 4.69) is 27.2 Å². The molecule has 1 spiro atoms. The SMILES string of the molecule is CC(C)(C)OC(=O)N1CCOC2(CCN(C(=O)C3(c4ccccc4)CCN(c4cc(Cl)nnc4N)CC3)CC2)C1. The van der Waals surface area contributed by atoms with Gasteiger partial charge in [-0.25, -0.2) is 4.79 Å². The Labute approximate surface area is 240 Å². The Kier molecular flexibility index (Phi) is 7.85. The molecular formula is C29H39ClN6O4. The van der Waals surface area contributed by atoms with Gasteiger partial charge in [-0.1, -0.05) is 41.9 Å². The number of nitrogens with two attached hydrogens (primary N) is 1. The van der Waals surface area contributed by atoms with Crippen molar-refractivity contribution in [2.45, 2.75) is 63.1 Å². The van der Waals surface area contributed by atoms with Gasteiger partial charge in [0.1, 0.15) is 5.60 Å². The van der Waals surface area contributed by atoms with Crippen LogP contribution in [0.3, 0.4) is 0 Å². The summed E-state index contributed by atoms with van der Waals surface area (Å²) in [5, 5.41) is 8.09. The van der Waals surface area contributed by atoms with Crippen molar-refractivity contribution in [1.29, 1.82) is 0 Å². The molecule has 0 aliphatic carbocycles. The highest BCUT2D eigenvalue weighted by molar-refractivity contribution is 6.29. The maximum Gasteiger partial charge on any atom is 0.410 e. The Morgan fingerprint density at radius 3 is 2.30 bits per heavy atom. The lowest BCUT2D eigenvalue weighted by Crippen LogP contribution is -2.61. The fourth-order valence-electron chi connectivity index (χ4n) is 6.18. The van der Waals surface area contributed by atoms with E-state index < -0.39 is 16.6 Å². The van der Waals surface area contributed by atoms with Crippen molar-refractivity contribution in [3.63, 3.8) is 0 Å². The molecule has 2 amide bonds. The quantitative estimate of drug-likeness (QED) is 0.591. The number of likely N-dealkylation sites (tertiary alicyclic amines) is 1. The van der Waals surface area contributed by atoms with Gasteiger partial charge in [0.05, 0.1) is 29.9 Å². The number of piperidine rings is 2. The molecule has 5 rings (SSSR count). The van der Waals surface area contributed by atoms with Gasteiger partial charge in [-0.3, -0.25) is 4.79 Å². The number of rotatable bonds is 3. The van der Waals surface area contributed by atoms with Crippen molar-refractivity contribution < 1.29 is 19.1 Å². The fraction of sp³-hybridized carbons (Fsp3) is 0.586. The standard InChI is InChI=1S/C29H39ClN6O4/c1-27(2,3)40-26(38)36-17-18-39-28(20-36)9-13-35(14-10-28)25(37)29(21-7-5-4-6-8-21)11-15-34(16-12-29)22-19-23(30)32-33-24(22)31/h4-8,19H,9-18,20H2,1-3H3,(H2,31,33). The van der Waals surface area contributed by atoms with Gasteiger partial charge in [-0.05, 0) is 52.0 Å². The summed E-state index contributed by atoms with van der Waals surface area (Å²) in [6.07, 6.45) is 2.31. The molecule has 40 heavy (non-hydrogen) atoms. The molecule has 3 aliphatic rings. The zero-order valence-electron chi connectivity index (χ0n) is 23.6. The van der Waals surface area contributed by atoms with Gasteiger partial charge < -0.3 is 29.9 Å². The number of anilines is 2. The van der Waals surface area contributed by atoms with Crippen LogP contribution >= 0.6 is 11.6 Å². The summed E-state index contributed by atoms with van der Waals surface area (Å²) in [6.45, 7) is 9.50. The van der Waals surface area contributed by atoms with Gasteiger partial charge >= 0.3 is 6.09 Å². The zero-order chi connectivity index (χ0) is 28.5. The molecule has 0 saturated carbocycles. The number of carbonyl (C=O) groups is 2. The van der Waals surface area contributed by atoms with Crippen LogP contribution < -0.4 is 10.6 Å². The fourth-order valence-corrected chi connectivity index (χ4v) is 6.33. The molecule has 3 fully saturated rings. The first-order valence-corrected chi connectivity index (χ1v) is 14.4. The maximum atomic E-state index is 14.4. The first-order valence-electron chi connectivity index (χ1n) is 14.0. The molecule has 1 aromatic carbocycles. The molecule has 3 saturated heterocycles. The van der Waals surface area contributed by atoms with Crippen LogP contribution in [0.2, 0.25) is 5.15 Å². The number of aromatic nitrogens is 2. The number of morpholine rings is 1. The highest BCUT2D eigenvalue weighted by atomic mass is 35.5. The number of nitrogens with zero attached hydrogens (tertiary/aromatic N) is 5. The molecule has 11 heteroatoms. The van der Waals surface area contributed by atoms with Gasteiger partial charge in [0, 0.05) is 38.8 Å². The highest BCUT2D eigenvalue weighted by Gasteiger charge is 2.48. The summed E-state index contributed by atoms with van der Waals surface area (Å²) in [5.74, 6) is 0.476. The van der Waals surface area contributed by atoms with E-state index in [1.54, 1.807) is 11.0 Å². The number of ether oxygens (including phenoxy) is 2. The average Bonchev–Trinajstić information content (AvgIpc) is 2.94. The molecular weight excluding hydrogens is 532 g/mol. The van der Waals surface area contributed by atoms with Crippen molar-refractivity contribution in [3.05, 3.63) is 47.1 Å². The van der Waals surface area contributed by atoms with Crippen molar-refractivity contribution in [1.82, 2.24) is 20.0 Å². The summed E-state index contributed by atoms with van der Waals surface area (Å²) in [6, 6.07) is 11.8. The molecule has 0 bridgehead atoms. The number of carbonyl (C=O) groups excluding carboxylic acids is 2. The van der Waals surface area contributed by atoms with Crippen molar-refractivity contribution in [3.8, 4) is 0 Å². The Hall–Kier alpha value is -3.11. The van der Waals surface area contributed by atoms with E-state index in [9.17, 15) is 9.59 Å². The number of hydrogen-bond acceptors (Lipinski definition) is 8. The second kappa shape index (κ2) is 11.0. The number of benzene rings is 1. The summed E-state index contributed by atoms with van der Waals surface area (Å²) < 4.78 is 11.9. The summed E-state index contributed by atoms with van der Waals surface area (Å²) in [7, 11) is 0. The molecule has 0 unspecified atom stereocenters. The maximum absolute atomic E-state index is 14.4. The lowest BCUT2D eigenvalue weighted by molar-refractivity contribution is -0.154. The molecule has 2 N–H and O–H groups in total. The predicted octanol–water partition coefficient (Wildman–Crippen LogP) is 3.88. The molecule has 216 valence electrons. The van der Waals surface area contributed by atoms with Crippen LogP contribution in [0.5, 0.6) is 0 Å². The van der Waals surface area contributed by atoms with Gasteiger partial charge in [-0.15, -0.1) is 10.2 Å². The topological polar surface area (TPSA) is 114 Å². The Morgan fingerprint density at radius 2 is 1.65 bits per heavy atom. The third kappa shape index (κ3) is 5.83. The predicted molar refractivity (Wildman–Crippen MR) is 153 cm³/mol. The molecule has 1 aromatic heterocycles.